The molecule has 0 aliphatic heterocycles. The molecule has 108 valence electrons. The molecule has 0 radical (unpaired) electrons. The third-order valence-electron chi connectivity index (χ3n) is 3.00. The Bertz CT molecular complexity index is 548. The van der Waals surface area contributed by atoms with Crippen molar-refractivity contribution in [1.29, 1.82) is 0 Å². The van der Waals surface area contributed by atoms with Crippen LogP contribution in [0.15, 0.2) is 30.6 Å². The Morgan fingerprint density at radius 1 is 1.25 bits per heavy atom. The minimum Gasteiger partial charge on any atom is -0.485 e. The van der Waals surface area contributed by atoms with E-state index in [-0.39, 0.29) is 6.04 Å². The third-order valence-corrected chi connectivity index (χ3v) is 3.00. The van der Waals surface area contributed by atoms with E-state index in [1.54, 1.807) is 6.33 Å². The number of aromatic nitrogens is 3. The predicted octanol–water partition coefficient (Wildman–Crippen LogP) is 2.53. The van der Waals surface area contributed by atoms with Gasteiger partial charge in [-0.1, -0.05) is 32.0 Å². The molecule has 2 rings (SSSR count). The van der Waals surface area contributed by atoms with Crippen molar-refractivity contribution < 1.29 is 4.74 Å². The maximum atomic E-state index is 5.95. The number of hydrogen-bond donors (Lipinski definition) is 1. The van der Waals surface area contributed by atoms with Gasteiger partial charge in [0.25, 0.3) is 0 Å². The molecule has 0 fully saturated rings. The second kappa shape index (κ2) is 6.52. The van der Waals surface area contributed by atoms with Crippen molar-refractivity contribution in [2.24, 2.45) is 11.7 Å². The van der Waals surface area contributed by atoms with Gasteiger partial charge in [-0.25, -0.2) is 9.67 Å². The van der Waals surface area contributed by atoms with Crippen LogP contribution in [0.25, 0.3) is 0 Å². The summed E-state index contributed by atoms with van der Waals surface area (Å²) >= 11 is 0. The van der Waals surface area contributed by atoms with Gasteiger partial charge in [-0.05, 0) is 18.9 Å². The van der Waals surface area contributed by atoms with Crippen LogP contribution in [0.1, 0.15) is 38.2 Å². The van der Waals surface area contributed by atoms with E-state index in [0.717, 1.165) is 23.7 Å². The Labute approximate surface area is 119 Å². The normalized spacial score (nSPS) is 12.7. The predicted molar refractivity (Wildman–Crippen MR) is 78.2 cm³/mol. The summed E-state index contributed by atoms with van der Waals surface area (Å²) in [6.45, 7) is 7.49. The summed E-state index contributed by atoms with van der Waals surface area (Å²) in [5.41, 5.74) is 6.95. The monoisotopic (exact) mass is 274 g/mol. The number of hydrogen-bond acceptors (Lipinski definition) is 4. The van der Waals surface area contributed by atoms with Gasteiger partial charge in [-0.15, -0.1) is 0 Å². The van der Waals surface area contributed by atoms with Crippen molar-refractivity contribution in [3.63, 3.8) is 0 Å². The Hall–Kier alpha value is -1.88. The highest BCUT2D eigenvalue weighted by Crippen LogP contribution is 2.23. The second-order valence-corrected chi connectivity index (χ2v) is 5.37. The summed E-state index contributed by atoms with van der Waals surface area (Å²) in [6, 6.07) is 7.77. The smallest absolute Gasteiger partial charge is 0.164 e. The molecule has 0 saturated carbocycles. The number of ether oxygens (including phenoxy) is 1. The lowest BCUT2D eigenvalue weighted by molar-refractivity contribution is 0.279. The second-order valence-electron chi connectivity index (χ2n) is 5.37. The molecule has 2 N–H and O–H groups in total. The molecule has 5 nitrogen and oxygen atoms in total. The summed E-state index contributed by atoms with van der Waals surface area (Å²) in [6.07, 6.45) is 1.57. The van der Waals surface area contributed by atoms with Crippen LogP contribution in [0.2, 0.25) is 0 Å². The van der Waals surface area contributed by atoms with Crippen LogP contribution in [-0.4, -0.2) is 14.8 Å². The summed E-state index contributed by atoms with van der Waals surface area (Å²) < 4.78 is 7.75. The van der Waals surface area contributed by atoms with Gasteiger partial charge in [0.2, 0.25) is 0 Å². The molecule has 0 aliphatic carbocycles. The Balaban J connectivity index is 2.08. The van der Waals surface area contributed by atoms with E-state index >= 15 is 0 Å². The van der Waals surface area contributed by atoms with E-state index in [4.69, 9.17) is 10.5 Å². The highest BCUT2D eigenvalue weighted by Gasteiger charge is 2.10. The Kier molecular flexibility index (Phi) is 4.74. The van der Waals surface area contributed by atoms with Crippen molar-refractivity contribution in [2.75, 3.05) is 0 Å². The zero-order chi connectivity index (χ0) is 14.5. The van der Waals surface area contributed by atoms with Crippen LogP contribution >= 0.6 is 0 Å². The van der Waals surface area contributed by atoms with Gasteiger partial charge in [0, 0.05) is 18.2 Å². The van der Waals surface area contributed by atoms with Crippen molar-refractivity contribution in [2.45, 2.75) is 40.0 Å². The first-order valence-electron chi connectivity index (χ1n) is 6.92. The van der Waals surface area contributed by atoms with Gasteiger partial charge < -0.3 is 10.5 Å². The first-order chi connectivity index (χ1) is 9.58. The average Bonchev–Trinajstić information content (AvgIpc) is 2.83. The third kappa shape index (κ3) is 3.57. The quantitative estimate of drug-likeness (QED) is 0.879. The summed E-state index contributed by atoms with van der Waals surface area (Å²) in [4.78, 5) is 4.25. The van der Waals surface area contributed by atoms with E-state index in [1.165, 1.54) is 0 Å². The average molecular weight is 274 g/mol. The van der Waals surface area contributed by atoms with Crippen LogP contribution in [0.5, 0.6) is 5.75 Å². The number of nitrogens with zero attached hydrogens (tertiary/aromatic N) is 3. The van der Waals surface area contributed by atoms with Crippen molar-refractivity contribution in [1.82, 2.24) is 14.8 Å². The molecule has 1 heterocycles. The zero-order valence-electron chi connectivity index (χ0n) is 12.3. The van der Waals surface area contributed by atoms with E-state index < -0.39 is 0 Å². The van der Waals surface area contributed by atoms with Gasteiger partial charge in [0.15, 0.2) is 5.82 Å². The van der Waals surface area contributed by atoms with Crippen molar-refractivity contribution in [3.8, 4) is 5.75 Å². The Morgan fingerprint density at radius 3 is 2.70 bits per heavy atom. The van der Waals surface area contributed by atoms with Gasteiger partial charge >= 0.3 is 0 Å². The van der Waals surface area contributed by atoms with Gasteiger partial charge in [-0.2, -0.15) is 5.10 Å². The topological polar surface area (TPSA) is 66.0 Å². The lowest BCUT2D eigenvalue weighted by atomic mass is 10.1. The van der Waals surface area contributed by atoms with Crippen LogP contribution in [-0.2, 0) is 13.2 Å². The molecule has 0 spiro atoms. The van der Waals surface area contributed by atoms with Crippen LogP contribution in [0.4, 0.5) is 0 Å². The number of rotatable bonds is 6. The molecule has 0 bridgehead atoms. The molecule has 0 amide bonds. The molecular weight excluding hydrogens is 252 g/mol. The fraction of sp³-hybridized carbons (Fsp3) is 0.467. The molecule has 0 aliphatic rings. The van der Waals surface area contributed by atoms with Crippen molar-refractivity contribution >= 4 is 0 Å². The van der Waals surface area contributed by atoms with E-state index in [2.05, 4.69) is 23.9 Å². The van der Waals surface area contributed by atoms with Crippen LogP contribution in [0.3, 0.4) is 0 Å². The number of para-hydroxylation sites is 1. The maximum Gasteiger partial charge on any atom is 0.164 e. The van der Waals surface area contributed by atoms with Gasteiger partial charge in [-0.3, -0.25) is 0 Å². The molecule has 0 saturated heterocycles. The maximum absolute atomic E-state index is 5.95. The fourth-order valence-electron chi connectivity index (χ4n) is 2.03. The first kappa shape index (κ1) is 14.5. The summed E-state index contributed by atoms with van der Waals surface area (Å²) in [5, 5.41) is 4.23. The van der Waals surface area contributed by atoms with E-state index in [9.17, 15) is 0 Å². The number of benzene rings is 1. The molecule has 2 aromatic rings. The SMILES string of the molecule is CC(C)Cn1ncnc1COc1ccccc1[C@@H](C)N. The molecule has 0 unspecified atom stereocenters. The van der Waals surface area contributed by atoms with Gasteiger partial charge in [0.05, 0.1) is 0 Å². The molecular formula is C15H22N4O. The van der Waals surface area contributed by atoms with Crippen LogP contribution in [0, 0.1) is 5.92 Å². The molecule has 1 atom stereocenters. The zero-order valence-corrected chi connectivity index (χ0v) is 12.3. The first-order valence-corrected chi connectivity index (χ1v) is 6.92. The summed E-state index contributed by atoms with van der Waals surface area (Å²) in [7, 11) is 0. The van der Waals surface area contributed by atoms with Gasteiger partial charge in [0.1, 0.15) is 18.7 Å². The number of nitrogens with two attached hydrogens (primary N) is 1. The fourth-order valence-corrected chi connectivity index (χ4v) is 2.03. The van der Waals surface area contributed by atoms with Crippen molar-refractivity contribution in [3.05, 3.63) is 42.0 Å². The molecule has 20 heavy (non-hydrogen) atoms. The summed E-state index contributed by atoms with van der Waals surface area (Å²) in [5.74, 6) is 2.16. The lowest BCUT2D eigenvalue weighted by Gasteiger charge is -2.14. The van der Waals surface area contributed by atoms with E-state index in [1.807, 2.05) is 35.9 Å². The minimum atomic E-state index is -0.0558. The highest BCUT2D eigenvalue weighted by atomic mass is 16.5. The Morgan fingerprint density at radius 2 is 2.00 bits per heavy atom. The highest BCUT2D eigenvalue weighted by molar-refractivity contribution is 5.35. The molecule has 5 heteroatoms. The van der Waals surface area contributed by atoms with E-state index in [0.29, 0.717) is 12.5 Å². The largest absolute Gasteiger partial charge is 0.485 e. The van der Waals surface area contributed by atoms with Crippen LogP contribution < -0.4 is 10.5 Å². The molecule has 1 aromatic heterocycles. The standard InChI is InChI=1S/C15H22N4O/c1-11(2)8-19-15(17-10-18-19)9-20-14-7-5-4-6-13(14)12(3)16/h4-7,10-12H,8-9,16H2,1-3H3/t12-/m1/s1. The lowest BCUT2D eigenvalue weighted by Crippen LogP contribution is -2.13. The minimum absolute atomic E-state index is 0.0558. The molecule has 1 aromatic carbocycles.